The molecule has 2 aromatic rings. The first kappa shape index (κ1) is 18.6. The fourth-order valence-electron chi connectivity index (χ4n) is 3.28. The summed E-state index contributed by atoms with van der Waals surface area (Å²) in [5.74, 6) is 1.56. The van der Waals surface area contributed by atoms with Gasteiger partial charge in [-0.15, -0.1) is 0 Å². The van der Waals surface area contributed by atoms with Crippen LogP contribution in [0, 0.1) is 0 Å². The summed E-state index contributed by atoms with van der Waals surface area (Å²) in [6.45, 7) is 6.63. The van der Waals surface area contributed by atoms with Gasteiger partial charge in [-0.05, 0) is 50.5 Å². The van der Waals surface area contributed by atoms with Crippen LogP contribution in [0.3, 0.4) is 0 Å². The van der Waals surface area contributed by atoms with Gasteiger partial charge in [-0.3, -0.25) is 0 Å². The molecule has 1 aliphatic heterocycles. The van der Waals surface area contributed by atoms with Gasteiger partial charge in [0.1, 0.15) is 5.75 Å². The standard InChI is InChI=1S/C20H28N4O2/c1-15(2)26-19-7-6-16(11-17(19)14-25)12-23-18-5-3-10-24(13-18)20-21-8-4-9-22-20/h4,6-9,11,15,18,23,25H,3,5,10,12-14H2,1-2H3/t18-/m0/s1. The van der Waals surface area contributed by atoms with E-state index in [0.717, 1.165) is 55.3 Å². The molecule has 3 rings (SSSR count). The molecule has 2 heterocycles. The van der Waals surface area contributed by atoms with Crippen LogP contribution in [0.4, 0.5) is 5.95 Å². The Kier molecular flexibility index (Phi) is 6.41. The molecule has 0 aliphatic carbocycles. The topological polar surface area (TPSA) is 70.5 Å². The van der Waals surface area contributed by atoms with Crippen LogP contribution in [0.2, 0.25) is 0 Å². The molecule has 0 amide bonds. The summed E-state index contributed by atoms with van der Waals surface area (Å²) >= 11 is 0. The van der Waals surface area contributed by atoms with Gasteiger partial charge >= 0.3 is 0 Å². The molecule has 140 valence electrons. The van der Waals surface area contributed by atoms with E-state index in [1.165, 1.54) is 0 Å². The van der Waals surface area contributed by atoms with Crippen LogP contribution in [0.5, 0.6) is 5.75 Å². The number of anilines is 1. The van der Waals surface area contributed by atoms with E-state index in [4.69, 9.17) is 4.74 Å². The van der Waals surface area contributed by atoms with Gasteiger partial charge in [0, 0.05) is 43.6 Å². The van der Waals surface area contributed by atoms with Crippen molar-refractivity contribution in [1.29, 1.82) is 0 Å². The number of ether oxygens (including phenoxy) is 1. The lowest BCUT2D eigenvalue weighted by Gasteiger charge is -2.33. The number of nitrogens with zero attached hydrogens (tertiary/aromatic N) is 3. The molecule has 6 nitrogen and oxygen atoms in total. The average Bonchev–Trinajstić information content (AvgIpc) is 2.67. The molecule has 0 radical (unpaired) electrons. The monoisotopic (exact) mass is 356 g/mol. The van der Waals surface area contributed by atoms with Crippen LogP contribution in [0.1, 0.15) is 37.8 Å². The molecule has 6 heteroatoms. The van der Waals surface area contributed by atoms with Gasteiger partial charge in [-0.1, -0.05) is 6.07 Å². The smallest absolute Gasteiger partial charge is 0.225 e. The van der Waals surface area contributed by atoms with E-state index >= 15 is 0 Å². The normalized spacial score (nSPS) is 17.5. The molecule has 0 saturated carbocycles. The lowest BCUT2D eigenvalue weighted by atomic mass is 10.0. The van der Waals surface area contributed by atoms with Crippen molar-refractivity contribution in [2.75, 3.05) is 18.0 Å². The molecule has 1 aliphatic rings. The zero-order valence-corrected chi connectivity index (χ0v) is 15.6. The van der Waals surface area contributed by atoms with Crippen LogP contribution < -0.4 is 15.0 Å². The van der Waals surface area contributed by atoms with E-state index < -0.39 is 0 Å². The predicted octanol–water partition coefficient (Wildman–Crippen LogP) is 2.51. The highest BCUT2D eigenvalue weighted by atomic mass is 16.5. The predicted molar refractivity (Wildman–Crippen MR) is 102 cm³/mol. The van der Waals surface area contributed by atoms with Crippen LogP contribution >= 0.6 is 0 Å². The highest BCUT2D eigenvalue weighted by molar-refractivity contribution is 5.37. The van der Waals surface area contributed by atoms with E-state index in [0.29, 0.717) is 6.04 Å². The zero-order chi connectivity index (χ0) is 18.4. The van der Waals surface area contributed by atoms with Gasteiger partial charge in [0.15, 0.2) is 0 Å². The van der Waals surface area contributed by atoms with Crippen molar-refractivity contribution >= 4 is 5.95 Å². The number of aliphatic hydroxyl groups excluding tert-OH is 1. The van der Waals surface area contributed by atoms with Crippen LogP contribution in [0.15, 0.2) is 36.7 Å². The van der Waals surface area contributed by atoms with Gasteiger partial charge < -0.3 is 20.1 Å². The number of piperidine rings is 1. The van der Waals surface area contributed by atoms with Crippen LogP contribution in [-0.4, -0.2) is 40.3 Å². The lowest BCUT2D eigenvalue weighted by molar-refractivity contribution is 0.225. The van der Waals surface area contributed by atoms with Crippen molar-refractivity contribution < 1.29 is 9.84 Å². The third-order valence-corrected chi connectivity index (χ3v) is 4.51. The molecule has 1 aromatic carbocycles. The van der Waals surface area contributed by atoms with Crippen molar-refractivity contribution in [3.63, 3.8) is 0 Å². The Morgan fingerprint density at radius 1 is 1.31 bits per heavy atom. The molecule has 2 N–H and O–H groups in total. The second-order valence-electron chi connectivity index (χ2n) is 6.98. The largest absolute Gasteiger partial charge is 0.491 e. The van der Waals surface area contributed by atoms with E-state index in [1.54, 1.807) is 12.4 Å². The second-order valence-corrected chi connectivity index (χ2v) is 6.98. The minimum absolute atomic E-state index is 0.0154. The minimum Gasteiger partial charge on any atom is -0.491 e. The molecule has 1 aromatic heterocycles. The van der Waals surface area contributed by atoms with E-state index in [-0.39, 0.29) is 12.7 Å². The fraction of sp³-hybridized carbons (Fsp3) is 0.500. The Balaban J connectivity index is 1.58. The van der Waals surface area contributed by atoms with Crippen molar-refractivity contribution in [3.8, 4) is 5.75 Å². The number of aliphatic hydroxyl groups is 1. The highest BCUT2D eigenvalue weighted by Crippen LogP contribution is 2.22. The van der Waals surface area contributed by atoms with Crippen molar-refractivity contribution in [2.24, 2.45) is 0 Å². The lowest BCUT2D eigenvalue weighted by Crippen LogP contribution is -2.46. The van der Waals surface area contributed by atoms with Crippen molar-refractivity contribution in [3.05, 3.63) is 47.8 Å². The number of rotatable bonds is 7. The molecule has 1 fully saturated rings. The van der Waals surface area contributed by atoms with E-state index in [2.05, 4.69) is 26.3 Å². The van der Waals surface area contributed by atoms with Gasteiger partial charge in [0.05, 0.1) is 12.7 Å². The van der Waals surface area contributed by atoms with Gasteiger partial charge in [-0.25, -0.2) is 9.97 Å². The van der Waals surface area contributed by atoms with Gasteiger partial charge in [0.2, 0.25) is 5.95 Å². The van der Waals surface area contributed by atoms with Gasteiger partial charge in [0.25, 0.3) is 0 Å². The number of aromatic nitrogens is 2. The second kappa shape index (κ2) is 8.96. The number of hydrogen-bond acceptors (Lipinski definition) is 6. The maximum absolute atomic E-state index is 9.61. The summed E-state index contributed by atoms with van der Waals surface area (Å²) in [5.41, 5.74) is 1.99. The molecular formula is C20H28N4O2. The molecule has 1 atom stereocenters. The maximum Gasteiger partial charge on any atom is 0.225 e. The number of benzene rings is 1. The number of nitrogens with one attached hydrogen (secondary N) is 1. The summed E-state index contributed by atoms with van der Waals surface area (Å²) in [6, 6.07) is 8.27. The highest BCUT2D eigenvalue weighted by Gasteiger charge is 2.21. The first-order chi connectivity index (χ1) is 12.7. The minimum atomic E-state index is -0.0154. The summed E-state index contributed by atoms with van der Waals surface area (Å²) in [5, 5.41) is 13.2. The van der Waals surface area contributed by atoms with Crippen LogP contribution in [0.25, 0.3) is 0 Å². The summed E-state index contributed by atoms with van der Waals surface area (Å²) in [7, 11) is 0. The molecule has 26 heavy (non-hydrogen) atoms. The third-order valence-electron chi connectivity index (χ3n) is 4.51. The van der Waals surface area contributed by atoms with E-state index in [1.807, 2.05) is 32.0 Å². The Labute approximate surface area is 155 Å². The first-order valence-electron chi connectivity index (χ1n) is 9.30. The maximum atomic E-state index is 9.61. The SMILES string of the molecule is CC(C)Oc1ccc(CN[C@H]2CCCN(c3ncccn3)C2)cc1CO. The van der Waals surface area contributed by atoms with E-state index in [9.17, 15) is 5.11 Å². The van der Waals surface area contributed by atoms with Crippen LogP contribution in [-0.2, 0) is 13.2 Å². The molecule has 0 bridgehead atoms. The summed E-state index contributed by atoms with van der Waals surface area (Å²) in [6.07, 6.45) is 5.94. The Hall–Kier alpha value is -2.18. The summed E-state index contributed by atoms with van der Waals surface area (Å²) < 4.78 is 5.75. The van der Waals surface area contributed by atoms with Crippen molar-refractivity contribution in [1.82, 2.24) is 15.3 Å². The quantitative estimate of drug-likeness (QED) is 0.794. The first-order valence-corrected chi connectivity index (χ1v) is 9.30. The third kappa shape index (κ3) is 4.93. The Bertz CT molecular complexity index is 693. The van der Waals surface area contributed by atoms with Crippen molar-refractivity contribution in [2.45, 2.75) is 52.0 Å². The average molecular weight is 356 g/mol. The summed E-state index contributed by atoms with van der Waals surface area (Å²) in [4.78, 5) is 10.9. The Morgan fingerprint density at radius 3 is 2.85 bits per heavy atom. The molecule has 1 saturated heterocycles. The number of hydrogen-bond donors (Lipinski definition) is 2. The molecule has 0 unspecified atom stereocenters. The Morgan fingerprint density at radius 2 is 2.12 bits per heavy atom. The zero-order valence-electron chi connectivity index (χ0n) is 15.6. The fourth-order valence-corrected chi connectivity index (χ4v) is 3.28. The molecule has 0 spiro atoms. The van der Waals surface area contributed by atoms with Gasteiger partial charge in [-0.2, -0.15) is 0 Å². The molecular weight excluding hydrogens is 328 g/mol.